The predicted molar refractivity (Wildman–Crippen MR) is 119 cm³/mol. The maximum Gasteiger partial charge on any atom is 0.200 e. The van der Waals surface area contributed by atoms with Crippen molar-refractivity contribution < 1.29 is 22.0 Å². The molecule has 1 atom stereocenters. The van der Waals surface area contributed by atoms with E-state index in [1.807, 2.05) is 32.0 Å². The predicted octanol–water partition coefficient (Wildman–Crippen LogP) is 6.58. The zero-order valence-electron chi connectivity index (χ0n) is 18.1. The minimum atomic E-state index is -2.19. The fourth-order valence-electron chi connectivity index (χ4n) is 4.07. The number of rotatable bonds is 6. The molecule has 172 valence electrons. The van der Waals surface area contributed by atoms with Gasteiger partial charge in [0.2, 0.25) is 5.82 Å². The van der Waals surface area contributed by atoms with E-state index in [0.717, 1.165) is 23.8 Å². The van der Waals surface area contributed by atoms with Crippen molar-refractivity contribution >= 4 is 17.1 Å². The molecule has 0 aromatic heterocycles. The number of anilines is 2. The highest BCUT2D eigenvalue weighted by molar-refractivity contribution is 6.03. The fraction of sp³-hybridized carbons (Fsp3) is 0.240. The first kappa shape index (κ1) is 22.8. The Labute approximate surface area is 188 Å². The molecule has 0 N–H and O–H groups in total. The van der Waals surface area contributed by atoms with Crippen LogP contribution >= 0.6 is 0 Å². The van der Waals surface area contributed by atoms with Gasteiger partial charge in [-0.15, -0.1) is 0 Å². The SMILES string of the molecule is CCN(CC)c1ccc([C@@H]2CC(c3ccccc3)=NN2c2c(F)c(F)c(F)c(F)c2F)cc1. The molecule has 1 heterocycles. The number of hydrogen-bond acceptors (Lipinski definition) is 3. The van der Waals surface area contributed by atoms with Crippen LogP contribution in [-0.4, -0.2) is 18.8 Å². The Hall–Kier alpha value is -3.42. The molecule has 0 radical (unpaired) electrons. The maximum absolute atomic E-state index is 14.7. The topological polar surface area (TPSA) is 18.8 Å². The minimum Gasteiger partial charge on any atom is -0.372 e. The molecule has 8 heteroatoms. The van der Waals surface area contributed by atoms with E-state index in [0.29, 0.717) is 16.8 Å². The van der Waals surface area contributed by atoms with Gasteiger partial charge in [0.25, 0.3) is 0 Å². The lowest BCUT2D eigenvalue weighted by Gasteiger charge is -2.26. The molecule has 3 aromatic carbocycles. The third-order valence-corrected chi connectivity index (χ3v) is 5.84. The van der Waals surface area contributed by atoms with Crippen molar-refractivity contribution in [2.75, 3.05) is 23.0 Å². The van der Waals surface area contributed by atoms with Crippen molar-refractivity contribution in [1.29, 1.82) is 0 Å². The van der Waals surface area contributed by atoms with Gasteiger partial charge in [0, 0.05) is 25.2 Å². The molecule has 1 aliphatic heterocycles. The van der Waals surface area contributed by atoms with Gasteiger partial charge in [-0.2, -0.15) is 5.10 Å². The number of hydrazone groups is 1. The van der Waals surface area contributed by atoms with Gasteiger partial charge in [0.05, 0.1) is 11.8 Å². The van der Waals surface area contributed by atoms with Crippen LogP contribution in [-0.2, 0) is 0 Å². The van der Waals surface area contributed by atoms with Gasteiger partial charge >= 0.3 is 0 Å². The first-order valence-corrected chi connectivity index (χ1v) is 10.7. The summed E-state index contributed by atoms with van der Waals surface area (Å²) in [7, 11) is 0. The van der Waals surface area contributed by atoms with E-state index in [4.69, 9.17) is 0 Å². The highest BCUT2D eigenvalue weighted by Gasteiger charge is 2.37. The molecule has 0 fully saturated rings. The van der Waals surface area contributed by atoms with E-state index in [1.54, 1.807) is 36.4 Å². The van der Waals surface area contributed by atoms with E-state index in [-0.39, 0.29) is 6.42 Å². The van der Waals surface area contributed by atoms with E-state index in [2.05, 4.69) is 10.0 Å². The van der Waals surface area contributed by atoms with Crippen molar-refractivity contribution in [1.82, 2.24) is 0 Å². The Balaban J connectivity index is 1.82. The third-order valence-electron chi connectivity index (χ3n) is 5.84. The molecular weight excluding hydrogens is 437 g/mol. The van der Waals surface area contributed by atoms with Crippen molar-refractivity contribution in [3.63, 3.8) is 0 Å². The molecule has 0 saturated carbocycles. The summed E-state index contributed by atoms with van der Waals surface area (Å²) in [5.74, 6) is -10.0. The molecule has 0 amide bonds. The highest BCUT2D eigenvalue weighted by Crippen LogP contribution is 2.41. The normalized spacial score (nSPS) is 15.7. The molecule has 0 bridgehead atoms. The van der Waals surface area contributed by atoms with Gasteiger partial charge in [-0.3, -0.25) is 5.01 Å². The Morgan fingerprint density at radius 3 is 1.88 bits per heavy atom. The van der Waals surface area contributed by atoms with Gasteiger partial charge < -0.3 is 4.90 Å². The van der Waals surface area contributed by atoms with Crippen LogP contribution in [0, 0.1) is 29.1 Å². The van der Waals surface area contributed by atoms with Crippen molar-refractivity contribution in [3.8, 4) is 0 Å². The van der Waals surface area contributed by atoms with E-state index >= 15 is 0 Å². The van der Waals surface area contributed by atoms with E-state index < -0.39 is 40.8 Å². The van der Waals surface area contributed by atoms with Crippen LogP contribution in [0.5, 0.6) is 0 Å². The van der Waals surface area contributed by atoms with Crippen LogP contribution in [0.3, 0.4) is 0 Å². The second-order valence-electron chi connectivity index (χ2n) is 7.66. The van der Waals surface area contributed by atoms with Gasteiger partial charge in [0.1, 0.15) is 5.69 Å². The minimum absolute atomic E-state index is 0.230. The summed E-state index contributed by atoms with van der Waals surface area (Å²) < 4.78 is 71.0. The van der Waals surface area contributed by atoms with Crippen LogP contribution in [0.2, 0.25) is 0 Å². The molecule has 3 aromatic rings. The Bertz CT molecular complexity index is 1150. The summed E-state index contributed by atoms with van der Waals surface area (Å²) in [6, 6.07) is 15.5. The molecule has 3 nitrogen and oxygen atoms in total. The number of nitrogens with zero attached hydrogens (tertiary/aromatic N) is 3. The first-order chi connectivity index (χ1) is 15.9. The lowest BCUT2D eigenvalue weighted by atomic mass is 9.97. The quantitative estimate of drug-likeness (QED) is 0.235. The van der Waals surface area contributed by atoms with Crippen LogP contribution in [0.4, 0.5) is 33.3 Å². The van der Waals surface area contributed by atoms with Gasteiger partial charge in [-0.1, -0.05) is 42.5 Å². The summed E-state index contributed by atoms with van der Waals surface area (Å²) in [6.07, 6.45) is 0.230. The van der Waals surface area contributed by atoms with Gasteiger partial charge in [0.15, 0.2) is 23.3 Å². The molecular formula is C25H22F5N3. The van der Waals surface area contributed by atoms with Crippen molar-refractivity contribution in [2.45, 2.75) is 26.3 Å². The summed E-state index contributed by atoms with van der Waals surface area (Å²) in [6.45, 7) is 5.66. The Morgan fingerprint density at radius 2 is 1.33 bits per heavy atom. The highest BCUT2D eigenvalue weighted by atomic mass is 19.2. The number of halogens is 5. The monoisotopic (exact) mass is 459 g/mol. The summed E-state index contributed by atoms with van der Waals surface area (Å²) in [5.41, 5.74) is 1.74. The molecule has 33 heavy (non-hydrogen) atoms. The molecule has 4 rings (SSSR count). The zero-order valence-corrected chi connectivity index (χ0v) is 18.1. The molecule has 0 aliphatic carbocycles. The smallest absolute Gasteiger partial charge is 0.200 e. The maximum atomic E-state index is 14.7. The second kappa shape index (κ2) is 9.21. The standard InChI is InChI=1S/C25H22F5N3/c1-3-32(4-2)17-12-10-16(11-13-17)19-14-18(15-8-6-5-7-9-15)31-33(19)25-23(29)21(27)20(26)22(28)24(25)30/h5-13,19H,3-4,14H2,1-2H3/t19-/m0/s1. The Morgan fingerprint density at radius 1 is 0.788 bits per heavy atom. The van der Waals surface area contributed by atoms with Crippen molar-refractivity contribution in [2.24, 2.45) is 5.10 Å². The van der Waals surface area contributed by atoms with E-state index in [1.165, 1.54) is 0 Å². The summed E-state index contributed by atoms with van der Waals surface area (Å²) in [4.78, 5) is 2.13. The van der Waals surface area contributed by atoms with Gasteiger partial charge in [-0.05, 0) is 37.1 Å². The van der Waals surface area contributed by atoms with Crippen LogP contribution in [0.15, 0.2) is 59.7 Å². The third kappa shape index (κ3) is 4.05. The Kier molecular flexibility index (Phi) is 6.35. The van der Waals surface area contributed by atoms with Crippen LogP contribution < -0.4 is 9.91 Å². The van der Waals surface area contributed by atoms with E-state index in [9.17, 15) is 22.0 Å². The zero-order chi connectivity index (χ0) is 23.7. The average Bonchev–Trinajstić information content (AvgIpc) is 3.28. The lowest BCUT2D eigenvalue weighted by molar-refractivity contribution is 0.377. The van der Waals surface area contributed by atoms with Crippen LogP contribution in [0.1, 0.15) is 37.4 Å². The molecule has 0 saturated heterocycles. The van der Waals surface area contributed by atoms with Gasteiger partial charge in [-0.25, -0.2) is 22.0 Å². The second-order valence-corrected chi connectivity index (χ2v) is 7.66. The van der Waals surface area contributed by atoms with Crippen LogP contribution in [0.25, 0.3) is 0 Å². The first-order valence-electron chi connectivity index (χ1n) is 10.7. The summed E-state index contributed by atoms with van der Waals surface area (Å²) >= 11 is 0. The summed E-state index contributed by atoms with van der Waals surface area (Å²) in [5, 5.41) is 5.22. The average molecular weight is 459 g/mol. The molecule has 0 unspecified atom stereocenters. The molecule has 0 spiro atoms. The largest absolute Gasteiger partial charge is 0.372 e. The molecule has 1 aliphatic rings. The fourth-order valence-corrected chi connectivity index (χ4v) is 4.07. The number of hydrogen-bond donors (Lipinski definition) is 0. The lowest BCUT2D eigenvalue weighted by Crippen LogP contribution is -2.24. The number of benzene rings is 3. The van der Waals surface area contributed by atoms with Crippen molar-refractivity contribution in [3.05, 3.63) is 94.8 Å².